The van der Waals surface area contributed by atoms with Crippen LogP contribution in [0.25, 0.3) is 56.3 Å². The first-order valence-corrected chi connectivity index (χ1v) is 24.6. The van der Waals surface area contributed by atoms with Crippen LogP contribution in [0.5, 0.6) is 0 Å². The number of hydrogen-bond acceptors (Lipinski definition) is 7. The number of nitrogens with one attached hydrogen (secondary N) is 2. The van der Waals surface area contributed by atoms with Crippen LogP contribution in [0.4, 0.5) is 0 Å². The van der Waals surface area contributed by atoms with Crippen molar-refractivity contribution < 1.29 is 29.4 Å². The predicted molar refractivity (Wildman–Crippen MR) is 290 cm³/mol. The van der Waals surface area contributed by atoms with E-state index in [2.05, 4.69) is 15.6 Å². The molecule has 17 heteroatoms. The fourth-order valence-electron chi connectivity index (χ4n) is 7.82. The van der Waals surface area contributed by atoms with Crippen molar-refractivity contribution >= 4 is 70.2 Å². The molecule has 4 N–H and O–H groups in total. The van der Waals surface area contributed by atoms with Crippen LogP contribution in [0.1, 0.15) is 44.7 Å². The van der Waals surface area contributed by atoms with Crippen molar-refractivity contribution in [1.29, 1.82) is 0 Å². The van der Waals surface area contributed by atoms with Gasteiger partial charge in [0.25, 0.3) is 11.8 Å². The highest BCUT2D eigenvalue weighted by atomic mass is 35.5. The van der Waals surface area contributed by atoms with E-state index in [1.807, 2.05) is 143 Å². The van der Waals surface area contributed by atoms with Crippen molar-refractivity contribution in [3.8, 4) is 56.3 Å². The van der Waals surface area contributed by atoms with Crippen LogP contribution in [0, 0.1) is 0 Å². The lowest BCUT2D eigenvalue weighted by molar-refractivity contribution is -0.137. The van der Waals surface area contributed by atoms with Crippen molar-refractivity contribution in [3.05, 3.63) is 218 Å². The number of carbonyl (C=O) groups excluding carboxylic acids is 2. The molecule has 6 aromatic carbocycles. The highest BCUT2D eigenvalue weighted by Crippen LogP contribution is 2.33. The maximum absolute atomic E-state index is 12.3. The summed E-state index contributed by atoms with van der Waals surface area (Å²) >= 11 is 24.9. The standard InChI is InChI=1S/C31H24Cl2N4O3.C26H21Cl2N3O3/c32-25-15-24(16-26(33)17-25)28-18-29(22-10-8-21(9-11-22)27-3-1-2-13-34-27)37(36-28)19-20-4-6-23(7-5-20)31(40)35-14-12-30(38)39;27-21-12-20(13-22(28)14-21)23-15-24(18-4-2-1-3-5-18)31(30-23)16-17-6-8-19(9-7-17)26(34)29-11-10-25(32)33/h1-11,13,15-18H,12,14,19H2,(H,35,40)(H,38,39);1-9,12-15H,10-11,16H2,(H,29,34)(H,32,33). The largest absolute Gasteiger partial charge is 0.481 e. The van der Waals surface area contributed by atoms with Gasteiger partial charge >= 0.3 is 11.9 Å². The van der Waals surface area contributed by atoms with Crippen molar-refractivity contribution in [2.75, 3.05) is 13.1 Å². The summed E-state index contributed by atoms with van der Waals surface area (Å²) < 4.78 is 3.81. The Morgan fingerprint density at radius 2 is 0.838 bits per heavy atom. The van der Waals surface area contributed by atoms with Gasteiger partial charge in [0.1, 0.15) is 0 Å². The van der Waals surface area contributed by atoms with E-state index < -0.39 is 11.9 Å². The zero-order valence-electron chi connectivity index (χ0n) is 39.3. The molecule has 372 valence electrons. The smallest absolute Gasteiger partial charge is 0.305 e. The van der Waals surface area contributed by atoms with E-state index in [0.29, 0.717) is 44.3 Å². The summed E-state index contributed by atoms with van der Waals surface area (Å²) in [7, 11) is 0. The molecule has 0 spiro atoms. The van der Waals surface area contributed by atoms with Crippen molar-refractivity contribution in [1.82, 2.24) is 35.2 Å². The number of nitrogens with zero attached hydrogens (tertiary/aromatic N) is 5. The van der Waals surface area contributed by atoms with Crippen molar-refractivity contribution in [2.45, 2.75) is 25.9 Å². The van der Waals surface area contributed by atoms with E-state index in [1.54, 1.807) is 42.6 Å². The second kappa shape index (κ2) is 24.6. The molecule has 0 unspecified atom stereocenters. The number of aliphatic carboxylic acids is 2. The molecule has 0 atom stereocenters. The maximum atomic E-state index is 12.3. The normalized spacial score (nSPS) is 10.8. The Kier molecular flexibility index (Phi) is 17.4. The minimum absolute atomic E-state index is 0.0714. The summed E-state index contributed by atoms with van der Waals surface area (Å²) in [6.45, 7) is 1.09. The number of aromatic nitrogens is 5. The Morgan fingerprint density at radius 3 is 1.24 bits per heavy atom. The first kappa shape index (κ1) is 52.3. The van der Waals surface area contributed by atoms with Crippen LogP contribution < -0.4 is 10.6 Å². The molecule has 13 nitrogen and oxygen atoms in total. The Bertz CT molecular complexity index is 3380. The van der Waals surface area contributed by atoms with E-state index in [0.717, 1.165) is 67.4 Å². The fourth-order valence-corrected chi connectivity index (χ4v) is 8.87. The van der Waals surface area contributed by atoms with E-state index in [9.17, 15) is 19.2 Å². The number of carbonyl (C=O) groups is 4. The third kappa shape index (κ3) is 14.1. The van der Waals surface area contributed by atoms with Gasteiger partial charge in [-0.15, -0.1) is 0 Å². The quantitative estimate of drug-likeness (QED) is 0.0690. The molecule has 0 aliphatic rings. The fraction of sp³-hybridized carbons (Fsp3) is 0.105. The molecule has 2 amide bonds. The number of rotatable bonds is 17. The number of pyridine rings is 1. The van der Waals surface area contributed by atoms with Gasteiger partial charge < -0.3 is 20.8 Å². The van der Waals surface area contributed by atoms with Gasteiger partial charge in [-0.1, -0.05) is 131 Å². The van der Waals surface area contributed by atoms with Gasteiger partial charge in [-0.2, -0.15) is 10.2 Å². The van der Waals surface area contributed by atoms with Crippen LogP contribution in [0.2, 0.25) is 20.1 Å². The third-order valence-corrected chi connectivity index (χ3v) is 12.3. The van der Waals surface area contributed by atoms with Crippen LogP contribution >= 0.6 is 46.4 Å². The summed E-state index contributed by atoms with van der Waals surface area (Å²) in [4.78, 5) is 50.3. The summed E-state index contributed by atoms with van der Waals surface area (Å²) in [6, 6.07) is 52.9. The molecule has 3 heterocycles. The number of carboxylic acid groups (broad SMARTS) is 2. The van der Waals surface area contributed by atoms with Gasteiger partial charge in [0.05, 0.1) is 54.4 Å². The third-order valence-electron chi connectivity index (χ3n) is 11.4. The summed E-state index contributed by atoms with van der Waals surface area (Å²) in [5.41, 5.74) is 11.6. The second-order valence-corrected chi connectivity index (χ2v) is 18.6. The SMILES string of the molecule is O=C(O)CCNC(=O)c1ccc(Cn2nc(-c3cc(Cl)cc(Cl)c3)cc2-c2ccc(-c3ccccn3)cc2)cc1.O=C(O)CCNC(=O)c1ccc(Cn2nc(-c3cc(Cl)cc(Cl)c3)cc2-c2ccccc2)cc1. The van der Waals surface area contributed by atoms with E-state index in [1.165, 1.54) is 0 Å². The molecular weight excluding hydrogens is 1020 g/mol. The van der Waals surface area contributed by atoms with Gasteiger partial charge in [0.2, 0.25) is 0 Å². The number of benzene rings is 6. The number of hydrogen-bond donors (Lipinski definition) is 4. The Balaban J connectivity index is 0.000000200. The lowest BCUT2D eigenvalue weighted by Gasteiger charge is -2.10. The highest BCUT2D eigenvalue weighted by Gasteiger charge is 2.17. The maximum Gasteiger partial charge on any atom is 0.305 e. The Hall–Kier alpha value is -8.07. The molecule has 0 bridgehead atoms. The molecule has 74 heavy (non-hydrogen) atoms. The summed E-state index contributed by atoms with van der Waals surface area (Å²) in [5, 5.41) is 34.5. The zero-order valence-corrected chi connectivity index (χ0v) is 42.3. The van der Waals surface area contributed by atoms with Crippen LogP contribution in [0.15, 0.2) is 176 Å². The number of halogens is 4. The van der Waals surface area contributed by atoms with Gasteiger partial charge in [0, 0.05) is 67.2 Å². The first-order valence-electron chi connectivity index (χ1n) is 23.1. The monoisotopic (exact) mass is 1060 g/mol. The van der Waals surface area contributed by atoms with Crippen molar-refractivity contribution in [2.24, 2.45) is 0 Å². The number of amides is 2. The van der Waals surface area contributed by atoms with Gasteiger partial charge in [-0.25, -0.2) is 0 Å². The predicted octanol–water partition coefficient (Wildman–Crippen LogP) is 12.6. The lowest BCUT2D eigenvalue weighted by Crippen LogP contribution is -2.25. The second-order valence-electron chi connectivity index (χ2n) is 16.8. The molecule has 3 aromatic heterocycles. The molecule has 0 fully saturated rings. The number of carboxylic acids is 2. The Labute approximate surface area is 446 Å². The average molecular weight is 1070 g/mol. The summed E-state index contributed by atoms with van der Waals surface area (Å²) in [5.74, 6) is -2.54. The van der Waals surface area contributed by atoms with Crippen molar-refractivity contribution in [3.63, 3.8) is 0 Å². The van der Waals surface area contributed by atoms with Crippen LogP contribution in [-0.4, -0.2) is 71.6 Å². The zero-order chi connectivity index (χ0) is 52.1. The average Bonchev–Trinajstić information content (AvgIpc) is 4.01. The highest BCUT2D eigenvalue weighted by molar-refractivity contribution is 6.35. The lowest BCUT2D eigenvalue weighted by atomic mass is 10.0. The molecule has 0 saturated heterocycles. The topological polar surface area (TPSA) is 181 Å². The van der Waals surface area contributed by atoms with Gasteiger partial charge in [-0.05, 0) is 107 Å². The summed E-state index contributed by atoms with van der Waals surface area (Å²) in [6.07, 6.45) is 1.52. The minimum atomic E-state index is -0.962. The molecular formula is C57H45Cl4N7O6. The molecule has 0 aliphatic carbocycles. The van der Waals surface area contributed by atoms with Crippen LogP contribution in [0.3, 0.4) is 0 Å². The van der Waals surface area contributed by atoms with E-state index in [-0.39, 0.29) is 37.7 Å². The minimum Gasteiger partial charge on any atom is -0.481 e. The molecule has 9 rings (SSSR count). The van der Waals surface area contributed by atoms with E-state index in [4.69, 9.17) is 66.8 Å². The molecule has 9 aromatic rings. The first-order chi connectivity index (χ1) is 35.7. The molecule has 0 saturated carbocycles. The van der Waals surface area contributed by atoms with Gasteiger partial charge in [0.15, 0.2) is 0 Å². The molecule has 0 radical (unpaired) electrons. The van der Waals surface area contributed by atoms with Gasteiger partial charge in [-0.3, -0.25) is 33.5 Å². The Morgan fingerprint density at radius 1 is 0.432 bits per heavy atom. The van der Waals surface area contributed by atoms with Crippen LogP contribution in [-0.2, 0) is 22.7 Å². The molecule has 0 aliphatic heterocycles. The van der Waals surface area contributed by atoms with E-state index >= 15 is 0 Å².